The standard InChI is InChI=1S/C21H33O7P/c1-8-9-18(14-19(22)23)17-12-10-16(11-13-17)15-29(24,27-25-20(2,3)4)28-26-21(5,6)7/h8,10-13,18H,1,9,14-15H2,2-7H3,(H,22,23)/t18-/m0/s1. The van der Waals surface area contributed by atoms with Crippen LogP contribution in [0.25, 0.3) is 0 Å². The molecular formula is C21H33O7P. The van der Waals surface area contributed by atoms with Gasteiger partial charge in [-0.1, -0.05) is 30.3 Å². The maximum absolute atomic E-state index is 13.2. The minimum absolute atomic E-state index is 0.00886. The molecule has 0 aliphatic heterocycles. The zero-order valence-electron chi connectivity index (χ0n) is 18.1. The molecule has 0 bridgehead atoms. The van der Waals surface area contributed by atoms with E-state index < -0.39 is 24.8 Å². The van der Waals surface area contributed by atoms with Crippen molar-refractivity contribution in [2.45, 2.75) is 77.7 Å². The van der Waals surface area contributed by atoms with Gasteiger partial charge in [-0.05, 0) is 65.0 Å². The molecule has 29 heavy (non-hydrogen) atoms. The van der Waals surface area contributed by atoms with Gasteiger partial charge in [0.1, 0.15) is 0 Å². The first-order valence-electron chi connectivity index (χ1n) is 9.48. The Balaban J connectivity index is 2.98. The topological polar surface area (TPSA) is 91.3 Å². The predicted molar refractivity (Wildman–Crippen MR) is 111 cm³/mol. The maximum Gasteiger partial charge on any atom is 0.388 e. The molecule has 0 heterocycles. The second-order valence-corrected chi connectivity index (χ2v) is 10.7. The fourth-order valence-corrected chi connectivity index (χ4v) is 3.73. The molecule has 0 aliphatic carbocycles. The van der Waals surface area contributed by atoms with Crippen molar-refractivity contribution in [3.05, 3.63) is 48.0 Å². The first-order valence-corrected chi connectivity index (χ1v) is 11.2. The second kappa shape index (κ2) is 10.5. The molecule has 0 saturated heterocycles. The molecule has 0 aliphatic rings. The highest BCUT2D eigenvalue weighted by molar-refractivity contribution is 7.52. The number of hydrogen-bond acceptors (Lipinski definition) is 6. The van der Waals surface area contributed by atoms with Crippen LogP contribution in [0.1, 0.15) is 71.4 Å². The Bertz CT molecular complexity index is 692. The molecule has 0 aromatic heterocycles. The van der Waals surface area contributed by atoms with Crippen LogP contribution in [0.2, 0.25) is 0 Å². The number of carboxylic acid groups (broad SMARTS) is 1. The summed E-state index contributed by atoms with van der Waals surface area (Å²) in [5, 5.41) is 9.10. The van der Waals surface area contributed by atoms with E-state index >= 15 is 0 Å². The van der Waals surface area contributed by atoms with Gasteiger partial charge in [-0.25, -0.2) is 9.78 Å². The quantitative estimate of drug-likeness (QED) is 0.200. The fraction of sp³-hybridized carbons (Fsp3) is 0.571. The van der Waals surface area contributed by atoms with Gasteiger partial charge in [0, 0.05) is 0 Å². The summed E-state index contributed by atoms with van der Waals surface area (Å²) in [5.74, 6) is -1.04. The second-order valence-electron chi connectivity index (χ2n) is 8.87. The van der Waals surface area contributed by atoms with Crippen LogP contribution in [0.4, 0.5) is 0 Å². The Labute approximate surface area is 173 Å². The minimum Gasteiger partial charge on any atom is -0.481 e. The van der Waals surface area contributed by atoms with Gasteiger partial charge in [0.05, 0.1) is 23.8 Å². The van der Waals surface area contributed by atoms with Crippen LogP contribution >= 0.6 is 7.60 Å². The maximum atomic E-state index is 13.2. The molecule has 0 unspecified atom stereocenters. The van der Waals surface area contributed by atoms with Gasteiger partial charge in [-0.3, -0.25) is 9.36 Å². The van der Waals surface area contributed by atoms with Crippen LogP contribution in [0.3, 0.4) is 0 Å². The Morgan fingerprint density at radius 3 is 1.93 bits per heavy atom. The van der Waals surface area contributed by atoms with Crippen molar-refractivity contribution in [1.29, 1.82) is 0 Å². The molecule has 8 heteroatoms. The summed E-state index contributed by atoms with van der Waals surface area (Å²) in [7, 11) is -3.76. The smallest absolute Gasteiger partial charge is 0.388 e. The number of rotatable bonds is 11. The first-order chi connectivity index (χ1) is 13.2. The third-order valence-electron chi connectivity index (χ3n) is 3.50. The van der Waals surface area contributed by atoms with E-state index in [1.807, 2.05) is 12.1 Å². The molecule has 1 N–H and O–H groups in total. The van der Waals surface area contributed by atoms with Crippen molar-refractivity contribution in [3.63, 3.8) is 0 Å². The molecular weight excluding hydrogens is 395 g/mol. The zero-order valence-corrected chi connectivity index (χ0v) is 19.0. The third-order valence-corrected chi connectivity index (χ3v) is 4.86. The summed E-state index contributed by atoms with van der Waals surface area (Å²) >= 11 is 0. The molecule has 0 saturated carbocycles. The van der Waals surface area contributed by atoms with Crippen LogP contribution in [-0.4, -0.2) is 22.3 Å². The van der Waals surface area contributed by atoms with Crippen molar-refractivity contribution < 1.29 is 33.6 Å². The first kappa shape index (κ1) is 25.5. The molecule has 1 aromatic carbocycles. The number of carbonyl (C=O) groups is 1. The highest BCUT2D eigenvalue weighted by Crippen LogP contribution is 2.53. The van der Waals surface area contributed by atoms with E-state index in [1.165, 1.54) is 0 Å². The molecule has 164 valence electrons. The van der Waals surface area contributed by atoms with Crippen LogP contribution in [0, 0.1) is 0 Å². The van der Waals surface area contributed by atoms with E-state index in [-0.39, 0.29) is 18.5 Å². The van der Waals surface area contributed by atoms with Gasteiger partial charge in [0.2, 0.25) is 0 Å². The summed E-state index contributed by atoms with van der Waals surface area (Å²) in [6.45, 7) is 14.3. The van der Waals surface area contributed by atoms with Crippen molar-refractivity contribution >= 4 is 13.6 Å². The third kappa shape index (κ3) is 10.7. The van der Waals surface area contributed by atoms with E-state index in [2.05, 4.69) is 6.58 Å². The van der Waals surface area contributed by atoms with Gasteiger partial charge >= 0.3 is 13.6 Å². The Hall–Kier alpha value is -1.50. The van der Waals surface area contributed by atoms with Crippen molar-refractivity contribution in [2.75, 3.05) is 0 Å². The number of carboxylic acids is 1. The lowest BCUT2D eigenvalue weighted by molar-refractivity contribution is -0.326. The van der Waals surface area contributed by atoms with Crippen LogP contribution in [-0.2, 0) is 34.6 Å². The SMILES string of the molecule is C=CC[C@@H](CC(=O)O)c1ccc(CP(=O)(OOC(C)(C)C)OOC(C)(C)C)cc1. The monoisotopic (exact) mass is 428 g/mol. The summed E-state index contributed by atoms with van der Waals surface area (Å²) in [6.07, 6.45) is 2.19. The highest BCUT2D eigenvalue weighted by atomic mass is 31.2. The molecule has 1 aromatic rings. The van der Waals surface area contributed by atoms with E-state index in [4.69, 9.17) is 24.2 Å². The van der Waals surface area contributed by atoms with Gasteiger partial charge in [-0.2, -0.15) is 0 Å². The van der Waals surface area contributed by atoms with Crippen LogP contribution < -0.4 is 0 Å². The van der Waals surface area contributed by atoms with Gasteiger partial charge in [-0.15, -0.1) is 15.9 Å². The molecule has 0 fully saturated rings. The van der Waals surface area contributed by atoms with E-state index in [0.717, 1.165) is 5.56 Å². The normalized spacial score (nSPS) is 13.9. The summed E-state index contributed by atoms with van der Waals surface area (Å²) in [4.78, 5) is 21.5. The number of aliphatic carboxylic acids is 1. The molecule has 0 amide bonds. The van der Waals surface area contributed by atoms with Crippen molar-refractivity contribution in [2.24, 2.45) is 0 Å². The zero-order chi connectivity index (χ0) is 22.3. The summed E-state index contributed by atoms with van der Waals surface area (Å²) in [5.41, 5.74) is 0.183. The lowest BCUT2D eigenvalue weighted by Crippen LogP contribution is -2.22. The van der Waals surface area contributed by atoms with E-state index in [1.54, 1.807) is 59.8 Å². The number of benzene rings is 1. The number of hydrogen-bond donors (Lipinski definition) is 1. The van der Waals surface area contributed by atoms with Gasteiger partial charge in [0.25, 0.3) is 0 Å². The molecule has 1 rings (SSSR count). The van der Waals surface area contributed by atoms with Crippen LogP contribution in [0.5, 0.6) is 0 Å². The molecule has 1 atom stereocenters. The molecule has 0 spiro atoms. The van der Waals surface area contributed by atoms with E-state index in [9.17, 15) is 9.36 Å². The molecule has 0 radical (unpaired) electrons. The van der Waals surface area contributed by atoms with E-state index in [0.29, 0.717) is 12.0 Å². The summed E-state index contributed by atoms with van der Waals surface area (Å²) in [6, 6.07) is 7.15. The Morgan fingerprint density at radius 1 is 1.07 bits per heavy atom. The predicted octanol–water partition coefficient (Wildman–Crippen LogP) is 6.01. The highest BCUT2D eigenvalue weighted by Gasteiger charge is 2.33. The average Bonchev–Trinajstić information content (AvgIpc) is 2.57. The number of allylic oxidation sites excluding steroid dienone is 1. The lowest BCUT2D eigenvalue weighted by atomic mass is 9.92. The molecule has 7 nitrogen and oxygen atoms in total. The average molecular weight is 428 g/mol. The largest absolute Gasteiger partial charge is 0.481 e. The Kier molecular flexibility index (Phi) is 9.25. The summed E-state index contributed by atoms with van der Waals surface area (Å²) < 4.78 is 23.5. The van der Waals surface area contributed by atoms with Crippen LogP contribution in [0.15, 0.2) is 36.9 Å². The van der Waals surface area contributed by atoms with Crippen molar-refractivity contribution in [1.82, 2.24) is 0 Å². The van der Waals surface area contributed by atoms with Gasteiger partial charge < -0.3 is 5.11 Å². The Morgan fingerprint density at radius 2 is 1.55 bits per heavy atom. The van der Waals surface area contributed by atoms with Crippen molar-refractivity contribution in [3.8, 4) is 0 Å². The fourth-order valence-electron chi connectivity index (χ4n) is 2.27. The lowest BCUT2D eigenvalue weighted by Gasteiger charge is -2.25. The van der Waals surface area contributed by atoms with Gasteiger partial charge in [0.15, 0.2) is 0 Å². The minimum atomic E-state index is -3.76.